The van der Waals surface area contributed by atoms with Crippen LogP contribution in [0.1, 0.15) is 35.1 Å². The highest BCUT2D eigenvalue weighted by Gasteiger charge is 2.36. The molecule has 2 N–H and O–H groups in total. The minimum atomic E-state index is -1.07. The third-order valence-electron chi connectivity index (χ3n) is 4.68. The average molecular weight is 343 g/mol. The van der Waals surface area contributed by atoms with Gasteiger partial charge in [0.15, 0.2) is 11.1 Å². The SMILES string of the molecule is Cc1c(C)[n+](C)c([C@H](CC(=O)O)c2coc3ccccc3c2=O)n1O. The van der Waals surface area contributed by atoms with Crippen molar-refractivity contribution in [2.75, 3.05) is 0 Å². The first-order valence-electron chi connectivity index (χ1n) is 7.82. The molecule has 2 aromatic heterocycles. The molecule has 0 unspecified atom stereocenters. The van der Waals surface area contributed by atoms with Crippen molar-refractivity contribution in [2.24, 2.45) is 7.05 Å². The fourth-order valence-electron chi connectivity index (χ4n) is 3.11. The quantitative estimate of drug-likeness (QED) is 0.557. The third kappa shape index (κ3) is 2.67. The Morgan fingerprint density at radius 2 is 2.00 bits per heavy atom. The lowest BCUT2D eigenvalue weighted by Crippen LogP contribution is -2.38. The van der Waals surface area contributed by atoms with E-state index in [4.69, 9.17) is 4.42 Å². The lowest BCUT2D eigenvalue weighted by atomic mass is 9.95. The number of carboxylic acid groups (broad SMARTS) is 1. The van der Waals surface area contributed by atoms with Gasteiger partial charge in [0.25, 0.3) is 0 Å². The molecular formula is C18H19N2O5+. The number of carboxylic acids is 1. The van der Waals surface area contributed by atoms with Crippen molar-refractivity contribution < 1.29 is 24.1 Å². The van der Waals surface area contributed by atoms with Crippen LogP contribution in [0.15, 0.2) is 39.7 Å². The van der Waals surface area contributed by atoms with Crippen LogP contribution in [-0.2, 0) is 11.8 Å². The summed E-state index contributed by atoms with van der Waals surface area (Å²) in [4.78, 5) is 24.3. The molecule has 0 aliphatic rings. The minimum absolute atomic E-state index is 0.199. The lowest BCUT2D eigenvalue weighted by molar-refractivity contribution is -0.686. The number of benzene rings is 1. The van der Waals surface area contributed by atoms with Gasteiger partial charge >= 0.3 is 11.8 Å². The first kappa shape index (κ1) is 16.8. The van der Waals surface area contributed by atoms with E-state index >= 15 is 0 Å². The molecule has 0 bridgehead atoms. The highest BCUT2D eigenvalue weighted by atomic mass is 16.5. The Labute approximate surface area is 143 Å². The number of hydrogen-bond acceptors (Lipinski definition) is 4. The monoisotopic (exact) mass is 343 g/mol. The zero-order valence-electron chi connectivity index (χ0n) is 14.2. The van der Waals surface area contributed by atoms with Crippen LogP contribution >= 0.6 is 0 Å². The molecule has 3 aromatic rings. The summed E-state index contributed by atoms with van der Waals surface area (Å²) in [5.41, 5.74) is 1.69. The molecule has 0 saturated carbocycles. The van der Waals surface area contributed by atoms with E-state index < -0.39 is 11.9 Å². The van der Waals surface area contributed by atoms with Gasteiger partial charge in [0.05, 0.1) is 30.7 Å². The van der Waals surface area contributed by atoms with Crippen LogP contribution in [-0.4, -0.2) is 21.0 Å². The minimum Gasteiger partial charge on any atom is -0.481 e. The van der Waals surface area contributed by atoms with Crippen molar-refractivity contribution in [3.8, 4) is 0 Å². The lowest BCUT2D eigenvalue weighted by Gasteiger charge is -2.11. The number of nitrogens with zero attached hydrogens (tertiary/aromatic N) is 2. The summed E-state index contributed by atoms with van der Waals surface area (Å²) >= 11 is 0. The smallest absolute Gasteiger partial charge is 0.304 e. The van der Waals surface area contributed by atoms with E-state index in [0.717, 1.165) is 10.4 Å². The number of aliphatic carboxylic acids is 1. The van der Waals surface area contributed by atoms with Gasteiger partial charge in [-0.2, -0.15) is 0 Å². The Bertz CT molecular complexity index is 1010. The molecule has 7 heteroatoms. The van der Waals surface area contributed by atoms with Gasteiger partial charge in [0, 0.05) is 13.8 Å². The predicted octanol–water partition coefficient (Wildman–Crippen LogP) is 1.88. The Morgan fingerprint density at radius 1 is 1.32 bits per heavy atom. The second-order valence-corrected chi connectivity index (χ2v) is 6.07. The first-order valence-corrected chi connectivity index (χ1v) is 7.82. The summed E-state index contributed by atoms with van der Waals surface area (Å²) < 4.78 is 8.17. The maximum atomic E-state index is 12.9. The fraction of sp³-hybridized carbons (Fsp3) is 0.278. The Kier molecular flexibility index (Phi) is 4.08. The van der Waals surface area contributed by atoms with Crippen molar-refractivity contribution in [2.45, 2.75) is 26.2 Å². The Balaban J connectivity index is 2.29. The Hall–Kier alpha value is -3.09. The zero-order chi connectivity index (χ0) is 18.3. The zero-order valence-corrected chi connectivity index (χ0v) is 14.2. The molecule has 0 aliphatic heterocycles. The van der Waals surface area contributed by atoms with Crippen molar-refractivity contribution in [1.29, 1.82) is 0 Å². The van der Waals surface area contributed by atoms with Gasteiger partial charge in [-0.1, -0.05) is 12.1 Å². The van der Waals surface area contributed by atoms with Crippen molar-refractivity contribution in [3.05, 3.63) is 63.5 Å². The normalized spacial score (nSPS) is 12.4. The number of para-hydroxylation sites is 1. The maximum absolute atomic E-state index is 12.9. The topological polar surface area (TPSA) is 96.5 Å². The summed E-state index contributed by atoms with van der Waals surface area (Å²) in [6.45, 7) is 3.53. The summed E-state index contributed by atoms with van der Waals surface area (Å²) in [7, 11) is 1.72. The van der Waals surface area contributed by atoms with Gasteiger partial charge in [-0.25, -0.2) is 4.57 Å². The number of hydrogen-bond donors (Lipinski definition) is 2. The summed E-state index contributed by atoms with van der Waals surface area (Å²) in [5.74, 6) is -1.60. The van der Waals surface area contributed by atoms with Crippen LogP contribution in [0.3, 0.4) is 0 Å². The molecular weight excluding hydrogens is 324 g/mol. The molecule has 7 nitrogen and oxygen atoms in total. The molecule has 1 aromatic carbocycles. The van der Waals surface area contributed by atoms with Crippen LogP contribution < -0.4 is 10.00 Å². The van der Waals surface area contributed by atoms with E-state index in [2.05, 4.69) is 0 Å². The third-order valence-corrected chi connectivity index (χ3v) is 4.68. The second-order valence-electron chi connectivity index (χ2n) is 6.07. The molecule has 25 heavy (non-hydrogen) atoms. The van der Waals surface area contributed by atoms with E-state index in [9.17, 15) is 19.9 Å². The van der Waals surface area contributed by atoms with Gasteiger partial charge in [0.1, 0.15) is 17.2 Å². The van der Waals surface area contributed by atoms with Crippen molar-refractivity contribution in [3.63, 3.8) is 0 Å². The van der Waals surface area contributed by atoms with E-state index in [0.29, 0.717) is 22.5 Å². The largest absolute Gasteiger partial charge is 0.481 e. The summed E-state index contributed by atoms with van der Waals surface area (Å²) in [6, 6.07) is 6.79. The number of carbonyl (C=O) groups is 1. The number of rotatable bonds is 4. The summed E-state index contributed by atoms with van der Waals surface area (Å²) in [5, 5.41) is 20.1. The fourth-order valence-corrected chi connectivity index (χ4v) is 3.11. The van der Waals surface area contributed by atoms with Gasteiger partial charge in [-0.05, 0) is 16.9 Å². The molecule has 0 amide bonds. The average Bonchev–Trinajstić information content (AvgIpc) is 2.77. The number of imidazole rings is 1. The first-order chi connectivity index (χ1) is 11.8. The predicted molar refractivity (Wildman–Crippen MR) is 88.8 cm³/mol. The maximum Gasteiger partial charge on any atom is 0.304 e. The molecule has 0 radical (unpaired) electrons. The van der Waals surface area contributed by atoms with E-state index in [1.807, 2.05) is 6.92 Å². The van der Waals surface area contributed by atoms with E-state index in [1.54, 1.807) is 42.8 Å². The van der Waals surface area contributed by atoms with Crippen LogP contribution in [0.5, 0.6) is 0 Å². The summed E-state index contributed by atoms with van der Waals surface area (Å²) in [6.07, 6.45) is 0.941. The van der Waals surface area contributed by atoms with E-state index in [1.165, 1.54) is 6.26 Å². The highest BCUT2D eigenvalue weighted by Crippen LogP contribution is 2.27. The molecule has 1 atom stereocenters. The van der Waals surface area contributed by atoms with Gasteiger partial charge in [-0.15, -0.1) is 0 Å². The standard InChI is InChI=1S/C18H18N2O5/c1-10-11(2)20(24)18(19(10)3)13(8-16(21)22)14-9-25-15-7-5-4-6-12(15)17(14)23/h4-7,9,13H,8H2,1-3H3,(H-,21,22,24)/p+1/t13-/m1/s1. The van der Waals surface area contributed by atoms with Crippen LogP contribution in [0.4, 0.5) is 0 Å². The van der Waals surface area contributed by atoms with Crippen LogP contribution in [0.2, 0.25) is 0 Å². The van der Waals surface area contributed by atoms with Crippen molar-refractivity contribution in [1.82, 2.24) is 4.73 Å². The number of aromatic nitrogens is 2. The van der Waals surface area contributed by atoms with Crippen LogP contribution in [0, 0.1) is 13.8 Å². The molecule has 0 aliphatic carbocycles. The van der Waals surface area contributed by atoms with Gasteiger partial charge in [-0.3, -0.25) is 9.59 Å². The van der Waals surface area contributed by atoms with E-state index in [-0.39, 0.29) is 17.4 Å². The Morgan fingerprint density at radius 3 is 2.60 bits per heavy atom. The molecule has 3 rings (SSSR count). The van der Waals surface area contributed by atoms with Crippen LogP contribution in [0.25, 0.3) is 11.0 Å². The van der Waals surface area contributed by atoms with Gasteiger partial charge in [0.2, 0.25) is 0 Å². The molecule has 2 heterocycles. The van der Waals surface area contributed by atoms with Crippen molar-refractivity contribution >= 4 is 16.9 Å². The number of fused-ring (bicyclic) bond motifs is 1. The second kappa shape index (κ2) is 6.08. The highest BCUT2D eigenvalue weighted by molar-refractivity contribution is 5.77. The molecule has 130 valence electrons. The molecule has 0 saturated heterocycles. The molecule has 0 fully saturated rings. The molecule has 0 spiro atoms. The van der Waals surface area contributed by atoms with Gasteiger partial charge < -0.3 is 14.7 Å².